The van der Waals surface area contributed by atoms with Gasteiger partial charge >= 0.3 is 5.97 Å². The van der Waals surface area contributed by atoms with Crippen LogP contribution in [-0.4, -0.2) is 70.4 Å². The SMILES string of the molecule is Cc1c(C(=O)O)cnn1CCN1CCN(C)CC1. The molecule has 0 spiro atoms. The molecule has 0 bridgehead atoms. The number of carboxylic acid groups (broad SMARTS) is 1. The molecular formula is C12H20N4O2. The molecule has 1 aliphatic heterocycles. The van der Waals surface area contributed by atoms with Gasteiger partial charge in [-0.05, 0) is 14.0 Å². The van der Waals surface area contributed by atoms with Crippen LogP contribution < -0.4 is 0 Å². The topological polar surface area (TPSA) is 61.6 Å². The maximum absolute atomic E-state index is 10.9. The van der Waals surface area contributed by atoms with Crippen molar-refractivity contribution in [3.63, 3.8) is 0 Å². The van der Waals surface area contributed by atoms with Crippen molar-refractivity contribution < 1.29 is 9.90 Å². The molecule has 0 saturated carbocycles. The van der Waals surface area contributed by atoms with Crippen LogP contribution in [0.15, 0.2) is 6.20 Å². The first-order chi connectivity index (χ1) is 8.58. The first-order valence-corrected chi connectivity index (χ1v) is 6.24. The van der Waals surface area contributed by atoms with Gasteiger partial charge in [0.2, 0.25) is 0 Å². The Labute approximate surface area is 107 Å². The Bertz CT molecular complexity index is 422. The number of aromatic nitrogens is 2. The summed E-state index contributed by atoms with van der Waals surface area (Å²) in [6, 6.07) is 0. The number of nitrogens with zero attached hydrogens (tertiary/aromatic N) is 4. The van der Waals surface area contributed by atoms with Crippen molar-refractivity contribution in [2.45, 2.75) is 13.5 Å². The molecule has 6 nitrogen and oxygen atoms in total. The van der Waals surface area contributed by atoms with E-state index in [9.17, 15) is 4.79 Å². The fourth-order valence-electron chi connectivity index (χ4n) is 2.19. The molecule has 2 rings (SSSR count). The van der Waals surface area contributed by atoms with Gasteiger partial charge < -0.3 is 10.0 Å². The van der Waals surface area contributed by atoms with Gasteiger partial charge in [-0.2, -0.15) is 5.10 Å². The average Bonchev–Trinajstić information content (AvgIpc) is 2.70. The molecule has 1 aliphatic rings. The normalized spacial score (nSPS) is 18.1. The second-order valence-electron chi connectivity index (χ2n) is 4.82. The minimum Gasteiger partial charge on any atom is -0.478 e. The van der Waals surface area contributed by atoms with Crippen LogP contribution >= 0.6 is 0 Å². The van der Waals surface area contributed by atoms with Crippen molar-refractivity contribution in [3.8, 4) is 0 Å². The second kappa shape index (κ2) is 5.49. The molecule has 18 heavy (non-hydrogen) atoms. The van der Waals surface area contributed by atoms with E-state index in [4.69, 9.17) is 5.11 Å². The van der Waals surface area contributed by atoms with Crippen molar-refractivity contribution >= 4 is 5.97 Å². The Morgan fingerprint density at radius 1 is 1.33 bits per heavy atom. The summed E-state index contributed by atoms with van der Waals surface area (Å²) in [5.41, 5.74) is 1.03. The lowest BCUT2D eigenvalue weighted by atomic mass is 10.2. The standard InChI is InChI=1S/C12H20N4O2/c1-10-11(12(17)18)9-13-16(10)8-7-15-5-3-14(2)4-6-15/h9H,3-8H2,1-2H3,(H,17,18). The minimum absolute atomic E-state index is 0.299. The lowest BCUT2D eigenvalue weighted by Gasteiger charge is -2.32. The molecule has 0 amide bonds. The van der Waals surface area contributed by atoms with Gasteiger partial charge in [-0.15, -0.1) is 0 Å². The van der Waals surface area contributed by atoms with E-state index in [-0.39, 0.29) is 0 Å². The lowest BCUT2D eigenvalue weighted by Crippen LogP contribution is -2.45. The highest BCUT2D eigenvalue weighted by molar-refractivity contribution is 5.88. The van der Waals surface area contributed by atoms with Crippen LogP contribution in [0.5, 0.6) is 0 Å². The van der Waals surface area contributed by atoms with E-state index >= 15 is 0 Å². The highest BCUT2D eigenvalue weighted by Crippen LogP contribution is 2.07. The van der Waals surface area contributed by atoms with E-state index in [1.165, 1.54) is 6.20 Å². The van der Waals surface area contributed by atoms with Crippen LogP contribution in [0.3, 0.4) is 0 Å². The highest BCUT2D eigenvalue weighted by Gasteiger charge is 2.16. The quantitative estimate of drug-likeness (QED) is 0.825. The highest BCUT2D eigenvalue weighted by atomic mass is 16.4. The second-order valence-corrected chi connectivity index (χ2v) is 4.82. The van der Waals surface area contributed by atoms with Gasteiger partial charge in [-0.3, -0.25) is 9.58 Å². The van der Waals surface area contributed by atoms with Gasteiger partial charge in [0.25, 0.3) is 0 Å². The molecule has 1 aromatic heterocycles. The minimum atomic E-state index is -0.904. The summed E-state index contributed by atoms with van der Waals surface area (Å²) in [7, 11) is 2.13. The third-order valence-electron chi connectivity index (χ3n) is 3.56. The van der Waals surface area contributed by atoms with Gasteiger partial charge in [0.15, 0.2) is 0 Å². The number of piperazine rings is 1. The fourth-order valence-corrected chi connectivity index (χ4v) is 2.19. The Morgan fingerprint density at radius 3 is 2.56 bits per heavy atom. The first-order valence-electron chi connectivity index (χ1n) is 6.24. The monoisotopic (exact) mass is 252 g/mol. The summed E-state index contributed by atoms with van der Waals surface area (Å²) in [6.45, 7) is 7.82. The van der Waals surface area contributed by atoms with Crippen LogP contribution in [0.1, 0.15) is 16.1 Å². The number of aromatic carboxylic acids is 1. The molecule has 1 saturated heterocycles. The third-order valence-corrected chi connectivity index (χ3v) is 3.56. The molecule has 0 unspecified atom stereocenters. The zero-order valence-corrected chi connectivity index (χ0v) is 11.0. The van der Waals surface area contributed by atoms with Crippen LogP contribution in [-0.2, 0) is 6.54 Å². The van der Waals surface area contributed by atoms with Gasteiger partial charge in [0.05, 0.1) is 12.7 Å². The van der Waals surface area contributed by atoms with E-state index in [1.54, 1.807) is 11.6 Å². The number of carbonyl (C=O) groups is 1. The van der Waals surface area contributed by atoms with Crippen molar-refractivity contribution in [1.82, 2.24) is 19.6 Å². The number of hydrogen-bond donors (Lipinski definition) is 1. The van der Waals surface area contributed by atoms with Crippen LogP contribution in [0, 0.1) is 6.92 Å². The molecule has 100 valence electrons. The van der Waals surface area contributed by atoms with Crippen LogP contribution in [0.4, 0.5) is 0 Å². The lowest BCUT2D eigenvalue weighted by molar-refractivity contribution is 0.0696. The number of rotatable bonds is 4. The predicted molar refractivity (Wildman–Crippen MR) is 67.9 cm³/mol. The van der Waals surface area contributed by atoms with E-state index in [0.717, 1.165) is 45.0 Å². The number of hydrogen-bond acceptors (Lipinski definition) is 4. The molecule has 1 aromatic rings. The van der Waals surface area contributed by atoms with Crippen molar-refractivity contribution in [3.05, 3.63) is 17.5 Å². The number of likely N-dealkylation sites (N-methyl/N-ethyl adjacent to an activating group) is 1. The third kappa shape index (κ3) is 2.88. The molecule has 2 heterocycles. The van der Waals surface area contributed by atoms with E-state index < -0.39 is 5.97 Å². The molecule has 0 atom stereocenters. The molecule has 1 fully saturated rings. The van der Waals surface area contributed by atoms with Crippen LogP contribution in [0.2, 0.25) is 0 Å². The van der Waals surface area contributed by atoms with Crippen molar-refractivity contribution in [2.75, 3.05) is 39.8 Å². The van der Waals surface area contributed by atoms with Gasteiger partial charge in [-0.1, -0.05) is 0 Å². The summed E-state index contributed by atoms with van der Waals surface area (Å²) >= 11 is 0. The first kappa shape index (κ1) is 13.0. The van der Waals surface area contributed by atoms with Gasteiger partial charge in [-0.25, -0.2) is 4.79 Å². The molecule has 0 aromatic carbocycles. The van der Waals surface area contributed by atoms with E-state index in [1.807, 2.05) is 0 Å². The van der Waals surface area contributed by atoms with Gasteiger partial charge in [0.1, 0.15) is 5.56 Å². The van der Waals surface area contributed by atoms with Crippen molar-refractivity contribution in [1.29, 1.82) is 0 Å². The van der Waals surface area contributed by atoms with E-state index in [0.29, 0.717) is 5.56 Å². The number of carboxylic acids is 1. The molecule has 1 N–H and O–H groups in total. The molecular weight excluding hydrogens is 232 g/mol. The summed E-state index contributed by atoms with van der Waals surface area (Å²) < 4.78 is 1.78. The Morgan fingerprint density at radius 2 is 2.00 bits per heavy atom. The smallest absolute Gasteiger partial charge is 0.339 e. The average molecular weight is 252 g/mol. The Hall–Kier alpha value is -1.40. The molecule has 0 radical (unpaired) electrons. The zero-order chi connectivity index (χ0) is 13.1. The summed E-state index contributed by atoms with van der Waals surface area (Å²) in [6.07, 6.45) is 1.43. The summed E-state index contributed by atoms with van der Waals surface area (Å²) in [5, 5.41) is 13.1. The molecule has 6 heteroatoms. The summed E-state index contributed by atoms with van der Waals surface area (Å²) in [5.74, 6) is -0.904. The fraction of sp³-hybridized carbons (Fsp3) is 0.667. The maximum Gasteiger partial charge on any atom is 0.339 e. The zero-order valence-electron chi connectivity index (χ0n) is 11.0. The maximum atomic E-state index is 10.9. The van der Waals surface area contributed by atoms with Gasteiger partial charge in [0, 0.05) is 38.4 Å². The molecule has 0 aliphatic carbocycles. The van der Waals surface area contributed by atoms with Crippen molar-refractivity contribution in [2.24, 2.45) is 0 Å². The Balaban J connectivity index is 1.88. The van der Waals surface area contributed by atoms with Crippen LogP contribution in [0.25, 0.3) is 0 Å². The predicted octanol–water partition coefficient (Wildman–Crippen LogP) is 0.137. The largest absolute Gasteiger partial charge is 0.478 e. The van der Waals surface area contributed by atoms with E-state index in [2.05, 4.69) is 21.9 Å². The Kier molecular flexibility index (Phi) is 3.98. The summed E-state index contributed by atoms with van der Waals surface area (Å²) in [4.78, 5) is 15.6.